The molecule has 0 aromatic heterocycles. The number of hydrogen-bond donors (Lipinski definition) is 0. The van der Waals surface area contributed by atoms with Gasteiger partial charge in [-0.15, -0.1) is 0 Å². The molecule has 1 saturated heterocycles. The summed E-state index contributed by atoms with van der Waals surface area (Å²) in [7, 11) is 0. The molecule has 1 fully saturated rings. The number of amides is 1. The van der Waals surface area contributed by atoms with Crippen LogP contribution in [0.5, 0.6) is 0 Å². The Bertz CT molecular complexity index is 328. The van der Waals surface area contributed by atoms with Crippen LogP contribution >= 0.6 is 0 Å². The summed E-state index contributed by atoms with van der Waals surface area (Å²) < 4.78 is 10.0. The van der Waals surface area contributed by atoms with Crippen LogP contribution in [0.4, 0.5) is 4.79 Å². The smallest absolute Gasteiger partial charge is 0.409 e. The van der Waals surface area contributed by atoms with Crippen molar-refractivity contribution in [3.8, 4) is 0 Å². The molecule has 0 aromatic carbocycles. The first kappa shape index (κ1) is 15.5. The lowest BCUT2D eigenvalue weighted by Gasteiger charge is -2.27. The minimum Gasteiger partial charge on any atom is -0.463 e. The van der Waals surface area contributed by atoms with Gasteiger partial charge in [-0.3, -0.25) is 0 Å². The number of ether oxygens (including phenoxy) is 2. The van der Waals surface area contributed by atoms with Crippen molar-refractivity contribution in [1.29, 1.82) is 0 Å². The van der Waals surface area contributed by atoms with Crippen molar-refractivity contribution >= 4 is 12.1 Å². The second-order valence-corrected chi connectivity index (χ2v) is 4.51. The lowest BCUT2D eigenvalue weighted by molar-refractivity contribution is -0.137. The highest BCUT2D eigenvalue weighted by molar-refractivity contribution is 5.82. The van der Waals surface area contributed by atoms with Crippen molar-refractivity contribution in [3.63, 3.8) is 0 Å². The predicted molar refractivity (Wildman–Crippen MR) is 71.8 cm³/mol. The minimum atomic E-state index is -0.295. The quantitative estimate of drug-likeness (QED) is 0.437. The predicted octanol–water partition coefficient (Wildman–Crippen LogP) is 2.51. The van der Waals surface area contributed by atoms with E-state index in [1.165, 1.54) is 0 Å². The number of esters is 1. The molecular formula is C14H23NO4. The molecule has 0 unspecified atom stereocenters. The van der Waals surface area contributed by atoms with Crippen LogP contribution in [0, 0.1) is 0 Å². The number of rotatable bonds is 5. The van der Waals surface area contributed by atoms with Crippen molar-refractivity contribution in [2.75, 3.05) is 26.3 Å². The van der Waals surface area contributed by atoms with Gasteiger partial charge in [-0.2, -0.15) is 0 Å². The van der Waals surface area contributed by atoms with Crippen LogP contribution in [0.3, 0.4) is 0 Å². The Morgan fingerprint density at radius 2 is 1.89 bits per heavy atom. The number of likely N-dealkylation sites (tertiary alicyclic amines) is 1. The van der Waals surface area contributed by atoms with E-state index in [0.29, 0.717) is 39.1 Å². The van der Waals surface area contributed by atoms with E-state index in [9.17, 15) is 9.59 Å². The van der Waals surface area contributed by atoms with Crippen molar-refractivity contribution in [2.24, 2.45) is 0 Å². The molecule has 0 aliphatic carbocycles. The summed E-state index contributed by atoms with van der Waals surface area (Å²) in [5.74, 6) is -0.295. The monoisotopic (exact) mass is 269 g/mol. The number of carbonyl (C=O) groups is 2. The second kappa shape index (κ2) is 8.56. The summed E-state index contributed by atoms with van der Waals surface area (Å²) in [6.45, 7) is 5.93. The third-order valence-corrected chi connectivity index (χ3v) is 3.00. The SMILES string of the molecule is CCCCOC(=O)N1CCC(=CC(=O)OCC)CC1. The van der Waals surface area contributed by atoms with Gasteiger partial charge in [0.15, 0.2) is 0 Å². The molecule has 19 heavy (non-hydrogen) atoms. The zero-order valence-electron chi connectivity index (χ0n) is 11.8. The van der Waals surface area contributed by atoms with E-state index < -0.39 is 0 Å². The molecule has 0 atom stereocenters. The minimum absolute atomic E-state index is 0.247. The first-order valence-corrected chi connectivity index (χ1v) is 6.95. The van der Waals surface area contributed by atoms with Crippen LogP contribution < -0.4 is 0 Å². The van der Waals surface area contributed by atoms with Crippen molar-refractivity contribution < 1.29 is 19.1 Å². The fourth-order valence-electron chi connectivity index (χ4n) is 1.87. The van der Waals surface area contributed by atoms with E-state index in [-0.39, 0.29) is 12.1 Å². The van der Waals surface area contributed by atoms with E-state index >= 15 is 0 Å². The molecule has 1 rings (SSSR count). The maximum atomic E-state index is 11.7. The van der Waals surface area contributed by atoms with Gasteiger partial charge < -0.3 is 14.4 Å². The summed E-state index contributed by atoms with van der Waals surface area (Å²) >= 11 is 0. The van der Waals surface area contributed by atoms with Crippen LogP contribution in [0.25, 0.3) is 0 Å². The summed E-state index contributed by atoms with van der Waals surface area (Å²) in [6.07, 6.45) is 4.63. The normalized spacial score (nSPS) is 15.1. The van der Waals surface area contributed by atoms with Crippen molar-refractivity contribution in [1.82, 2.24) is 4.90 Å². The van der Waals surface area contributed by atoms with Crippen LogP contribution in [0.2, 0.25) is 0 Å². The van der Waals surface area contributed by atoms with Gasteiger partial charge in [0.1, 0.15) is 0 Å². The molecule has 5 heteroatoms. The second-order valence-electron chi connectivity index (χ2n) is 4.51. The fraction of sp³-hybridized carbons (Fsp3) is 0.714. The van der Waals surface area contributed by atoms with Crippen LogP contribution in [0.15, 0.2) is 11.6 Å². The molecule has 108 valence electrons. The Hall–Kier alpha value is -1.52. The standard InChI is InChI=1S/C14H23NO4/c1-3-5-10-19-14(17)15-8-6-12(7-9-15)11-13(16)18-4-2/h11H,3-10H2,1-2H3. The Balaban J connectivity index is 2.32. The Morgan fingerprint density at radius 1 is 1.21 bits per heavy atom. The average Bonchev–Trinajstić information content (AvgIpc) is 2.40. The van der Waals surface area contributed by atoms with Crippen molar-refractivity contribution in [3.05, 3.63) is 11.6 Å². The molecule has 0 N–H and O–H groups in total. The summed E-state index contributed by atoms with van der Waals surface area (Å²) in [5, 5.41) is 0. The van der Waals surface area contributed by atoms with Crippen molar-refractivity contribution in [2.45, 2.75) is 39.5 Å². The number of hydrogen-bond acceptors (Lipinski definition) is 4. The summed E-state index contributed by atoms with van der Waals surface area (Å²) in [4.78, 5) is 24.7. The highest BCUT2D eigenvalue weighted by Gasteiger charge is 2.20. The van der Waals surface area contributed by atoms with Gasteiger partial charge in [-0.05, 0) is 26.2 Å². The molecule has 0 saturated carbocycles. The molecule has 5 nitrogen and oxygen atoms in total. The van der Waals surface area contributed by atoms with Crippen LogP contribution in [0.1, 0.15) is 39.5 Å². The molecule has 1 heterocycles. The fourth-order valence-corrected chi connectivity index (χ4v) is 1.87. The van der Waals surface area contributed by atoms with Gasteiger partial charge in [0.2, 0.25) is 0 Å². The van der Waals surface area contributed by atoms with Gasteiger partial charge in [0, 0.05) is 19.2 Å². The molecule has 0 bridgehead atoms. The topological polar surface area (TPSA) is 55.8 Å². The number of carbonyl (C=O) groups excluding carboxylic acids is 2. The molecule has 1 aliphatic heterocycles. The third kappa shape index (κ3) is 5.77. The Kier molecular flexibility index (Phi) is 7.00. The van der Waals surface area contributed by atoms with E-state index in [0.717, 1.165) is 18.4 Å². The molecular weight excluding hydrogens is 246 g/mol. The summed E-state index contributed by atoms with van der Waals surface area (Å²) in [6, 6.07) is 0. The lowest BCUT2D eigenvalue weighted by atomic mass is 10.0. The van der Waals surface area contributed by atoms with Gasteiger partial charge in [0.25, 0.3) is 0 Å². The molecule has 0 radical (unpaired) electrons. The van der Waals surface area contributed by atoms with Crippen LogP contribution in [-0.2, 0) is 14.3 Å². The zero-order chi connectivity index (χ0) is 14.1. The van der Waals surface area contributed by atoms with Crippen LogP contribution in [-0.4, -0.2) is 43.3 Å². The first-order valence-electron chi connectivity index (χ1n) is 6.95. The van der Waals surface area contributed by atoms with E-state index in [2.05, 4.69) is 6.92 Å². The molecule has 0 spiro atoms. The average molecular weight is 269 g/mol. The lowest BCUT2D eigenvalue weighted by Crippen LogP contribution is -2.37. The maximum Gasteiger partial charge on any atom is 0.409 e. The van der Waals surface area contributed by atoms with Gasteiger partial charge in [0.05, 0.1) is 13.2 Å². The van der Waals surface area contributed by atoms with E-state index in [1.807, 2.05) is 0 Å². The number of unbranched alkanes of at least 4 members (excludes halogenated alkanes) is 1. The van der Waals surface area contributed by atoms with Gasteiger partial charge >= 0.3 is 12.1 Å². The molecule has 0 aromatic rings. The highest BCUT2D eigenvalue weighted by atomic mass is 16.6. The number of piperidine rings is 1. The Labute approximate surface area is 114 Å². The molecule has 1 amide bonds. The molecule has 1 aliphatic rings. The zero-order valence-corrected chi connectivity index (χ0v) is 11.8. The number of nitrogens with zero attached hydrogens (tertiary/aromatic N) is 1. The Morgan fingerprint density at radius 3 is 2.47 bits per heavy atom. The maximum absolute atomic E-state index is 11.7. The van der Waals surface area contributed by atoms with Gasteiger partial charge in [-0.1, -0.05) is 18.9 Å². The highest BCUT2D eigenvalue weighted by Crippen LogP contribution is 2.17. The van der Waals surface area contributed by atoms with E-state index in [1.54, 1.807) is 17.9 Å². The largest absolute Gasteiger partial charge is 0.463 e. The first-order chi connectivity index (χ1) is 9.17. The third-order valence-electron chi connectivity index (χ3n) is 3.00. The van der Waals surface area contributed by atoms with Gasteiger partial charge in [-0.25, -0.2) is 9.59 Å². The van der Waals surface area contributed by atoms with E-state index in [4.69, 9.17) is 9.47 Å². The summed E-state index contributed by atoms with van der Waals surface area (Å²) in [5.41, 5.74) is 1.04.